The molecular weight excluding hydrogens is 442 g/mol. The fourth-order valence-corrected chi connectivity index (χ4v) is 4.26. The minimum atomic E-state index is -0.162. The van der Waals surface area contributed by atoms with Gasteiger partial charge in [0.2, 0.25) is 17.5 Å². The van der Waals surface area contributed by atoms with Crippen molar-refractivity contribution in [1.29, 1.82) is 0 Å². The SMILES string of the molecule is [C-]#[N+]c1cccnc1Oc1ccc(-c2nc(C3CCN(C(=O)C#CC)C3)c3ccnc(N)n23)cc1. The summed E-state index contributed by atoms with van der Waals surface area (Å²) in [5, 5.41) is 0. The van der Waals surface area contributed by atoms with Crippen LogP contribution in [-0.2, 0) is 4.79 Å². The highest BCUT2D eigenvalue weighted by molar-refractivity contribution is 5.93. The van der Waals surface area contributed by atoms with Crippen molar-refractivity contribution in [2.24, 2.45) is 0 Å². The van der Waals surface area contributed by atoms with E-state index in [4.69, 9.17) is 22.0 Å². The van der Waals surface area contributed by atoms with E-state index in [1.807, 2.05) is 22.6 Å². The number of fused-ring (bicyclic) bond motifs is 1. The maximum Gasteiger partial charge on any atom is 0.298 e. The molecule has 0 spiro atoms. The molecule has 0 radical (unpaired) electrons. The fourth-order valence-electron chi connectivity index (χ4n) is 4.26. The molecule has 0 saturated carbocycles. The van der Waals surface area contributed by atoms with Crippen molar-refractivity contribution in [2.45, 2.75) is 19.3 Å². The van der Waals surface area contributed by atoms with Crippen LogP contribution in [0.3, 0.4) is 0 Å². The Morgan fingerprint density at radius 1 is 1.20 bits per heavy atom. The molecule has 1 amide bonds. The molecule has 172 valence electrons. The largest absolute Gasteiger partial charge is 0.449 e. The predicted molar refractivity (Wildman–Crippen MR) is 131 cm³/mol. The molecule has 1 aliphatic rings. The summed E-state index contributed by atoms with van der Waals surface area (Å²) in [5.41, 5.74) is 9.16. The van der Waals surface area contributed by atoms with E-state index in [-0.39, 0.29) is 17.7 Å². The number of hydrogen-bond acceptors (Lipinski definition) is 6. The molecule has 4 aromatic rings. The highest BCUT2D eigenvalue weighted by Gasteiger charge is 2.30. The Morgan fingerprint density at radius 2 is 2.03 bits per heavy atom. The second-order valence-electron chi connectivity index (χ2n) is 8.02. The van der Waals surface area contributed by atoms with E-state index in [1.54, 1.807) is 48.5 Å². The van der Waals surface area contributed by atoms with Crippen molar-refractivity contribution < 1.29 is 9.53 Å². The van der Waals surface area contributed by atoms with Crippen molar-refractivity contribution in [3.63, 3.8) is 0 Å². The van der Waals surface area contributed by atoms with Gasteiger partial charge < -0.3 is 15.4 Å². The number of pyridine rings is 1. The van der Waals surface area contributed by atoms with Gasteiger partial charge in [-0.1, -0.05) is 12.0 Å². The minimum absolute atomic E-state index is 0.0713. The second kappa shape index (κ2) is 9.16. The number of ether oxygens (including phenoxy) is 1. The monoisotopic (exact) mass is 463 g/mol. The number of nitrogen functional groups attached to an aromatic ring is 1. The van der Waals surface area contributed by atoms with E-state index in [2.05, 4.69) is 26.7 Å². The van der Waals surface area contributed by atoms with Gasteiger partial charge in [0, 0.05) is 37.0 Å². The van der Waals surface area contributed by atoms with Crippen LogP contribution in [0.25, 0.3) is 21.7 Å². The Kier molecular flexibility index (Phi) is 5.74. The van der Waals surface area contributed by atoms with Crippen LogP contribution in [0.5, 0.6) is 11.6 Å². The number of carbonyl (C=O) groups is 1. The fraction of sp³-hybridized carbons (Fsp3) is 0.192. The quantitative estimate of drug-likeness (QED) is 0.362. The van der Waals surface area contributed by atoms with Crippen LogP contribution in [0.15, 0.2) is 54.9 Å². The zero-order chi connectivity index (χ0) is 24.4. The summed E-state index contributed by atoms with van der Waals surface area (Å²) in [7, 11) is 0. The van der Waals surface area contributed by atoms with Crippen LogP contribution in [0.2, 0.25) is 0 Å². The number of amides is 1. The molecular formula is C26H21N7O2. The summed E-state index contributed by atoms with van der Waals surface area (Å²) in [5.74, 6) is 6.99. The Labute approximate surface area is 202 Å². The highest BCUT2D eigenvalue weighted by Crippen LogP contribution is 2.35. The van der Waals surface area contributed by atoms with Crippen LogP contribution in [0.1, 0.15) is 25.0 Å². The van der Waals surface area contributed by atoms with Crippen LogP contribution in [0, 0.1) is 18.4 Å². The highest BCUT2D eigenvalue weighted by atomic mass is 16.5. The van der Waals surface area contributed by atoms with Crippen molar-refractivity contribution in [3.05, 3.63) is 72.0 Å². The number of aromatic nitrogens is 4. The first-order valence-corrected chi connectivity index (χ1v) is 11.0. The van der Waals surface area contributed by atoms with Crippen LogP contribution in [-0.4, -0.2) is 43.2 Å². The first kappa shape index (κ1) is 21.9. The van der Waals surface area contributed by atoms with Crippen molar-refractivity contribution in [2.75, 3.05) is 18.8 Å². The summed E-state index contributed by atoms with van der Waals surface area (Å²) in [6, 6.07) is 12.6. The molecule has 35 heavy (non-hydrogen) atoms. The van der Waals surface area contributed by atoms with Gasteiger partial charge in [-0.15, -0.1) is 0 Å². The molecule has 0 bridgehead atoms. The molecule has 1 saturated heterocycles. The average Bonchev–Trinajstić information content (AvgIpc) is 3.51. The van der Waals surface area contributed by atoms with E-state index in [0.29, 0.717) is 36.3 Å². The summed E-state index contributed by atoms with van der Waals surface area (Å²) in [4.78, 5) is 30.8. The molecule has 0 aliphatic carbocycles. The van der Waals surface area contributed by atoms with Gasteiger partial charge in [-0.05, 0) is 55.7 Å². The molecule has 9 heteroatoms. The van der Waals surface area contributed by atoms with Crippen molar-refractivity contribution in [1.82, 2.24) is 24.3 Å². The number of nitrogens with zero attached hydrogens (tertiary/aromatic N) is 6. The number of nitrogens with two attached hydrogens (primary N) is 1. The molecule has 1 aliphatic heterocycles. The van der Waals surface area contributed by atoms with E-state index >= 15 is 0 Å². The van der Waals surface area contributed by atoms with Gasteiger partial charge in [-0.25, -0.2) is 19.8 Å². The lowest BCUT2D eigenvalue weighted by Crippen LogP contribution is -2.26. The van der Waals surface area contributed by atoms with Crippen LogP contribution in [0.4, 0.5) is 11.6 Å². The zero-order valence-corrected chi connectivity index (χ0v) is 19.0. The maximum absolute atomic E-state index is 12.2. The van der Waals surface area contributed by atoms with Gasteiger partial charge in [0.25, 0.3) is 5.91 Å². The van der Waals surface area contributed by atoms with Crippen LogP contribution >= 0.6 is 0 Å². The molecule has 5 rings (SSSR count). The number of hydrogen-bond donors (Lipinski definition) is 1. The summed E-state index contributed by atoms with van der Waals surface area (Å²) in [6.07, 6.45) is 4.05. The molecule has 4 heterocycles. The van der Waals surface area contributed by atoms with Crippen molar-refractivity contribution in [3.8, 4) is 34.9 Å². The third kappa shape index (κ3) is 4.11. The molecule has 1 atom stereocenters. The Morgan fingerprint density at radius 3 is 2.80 bits per heavy atom. The molecule has 1 unspecified atom stereocenters. The smallest absolute Gasteiger partial charge is 0.298 e. The average molecular weight is 464 g/mol. The molecule has 2 N–H and O–H groups in total. The second-order valence-corrected chi connectivity index (χ2v) is 8.02. The first-order chi connectivity index (χ1) is 17.1. The van der Waals surface area contributed by atoms with E-state index in [0.717, 1.165) is 23.2 Å². The van der Waals surface area contributed by atoms with Gasteiger partial charge >= 0.3 is 0 Å². The zero-order valence-electron chi connectivity index (χ0n) is 19.0. The molecule has 9 nitrogen and oxygen atoms in total. The molecule has 1 aromatic carbocycles. The number of benzene rings is 1. The lowest BCUT2D eigenvalue weighted by molar-refractivity contribution is -0.124. The number of carbonyl (C=O) groups excluding carboxylic acids is 1. The maximum atomic E-state index is 12.2. The normalized spacial score (nSPS) is 14.9. The van der Waals surface area contributed by atoms with Crippen molar-refractivity contribution >= 4 is 23.1 Å². The van der Waals surface area contributed by atoms with Gasteiger partial charge in [-0.2, -0.15) is 0 Å². The topological polar surface area (TPSA) is 103 Å². The van der Waals surface area contributed by atoms with Gasteiger partial charge in [0.1, 0.15) is 11.6 Å². The standard InChI is InChI=1S/C26H21N7O2/c1-3-5-22(34)32-15-12-18(16-32)23-21-11-14-30-26(27)33(21)24(31-23)17-7-9-19(10-8-17)35-25-20(28-2)6-4-13-29-25/h4,6-11,13-14,18H,12,15-16H2,1H3,(H2,27,30). The molecule has 1 fully saturated rings. The van der Waals surface area contributed by atoms with Gasteiger partial charge in [0.15, 0.2) is 0 Å². The Balaban J connectivity index is 1.48. The van der Waals surface area contributed by atoms with Gasteiger partial charge in [0.05, 0.1) is 17.8 Å². The number of likely N-dealkylation sites (tertiary alicyclic amines) is 1. The summed E-state index contributed by atoms with van der Waals surface area (Å²) >= 11 is 0. The lowest BCUT2D eigenvalue weighted by atomic mass is 10.0. The Bertz CT molecular complexity index is 1520. The van der Waals surface area contributed by atoms with E-state index < -0.39 is 0 Å². The predicted octanol–water partition coefficient (Wildman–Crippen LogP) is 4.06. The summed E-state index contributed by atoms with van der Waals surface area (Å²) < 4.78 is 7.64. The first-order valence-electron chi connectivity index (χ1n) is 11.0. The summed E-state index contributed by atoms with van der Waals surface area (Å²) in [6.45, 7) is 10.1. The molecule has 3 aromatic heterocycles. The van der Waals surface area contributed by atoms with E-state index in [9.17, 15) is 4.79 Å². The third-order valence-corrected chi connectivity index (χ3v) is 5.90. The number of imidazole rings is 1. The number of rotatable bonds is 4. The number of anilines is 1. The van der Waals surface area contributed by atoms with Gasteiger partial charge in [-0.3, -0.25) is 9.20 Å². The third-order valence-electron chi connectivity index (χ3n) is 5.90. The van der Waals surface area contributed by atoms with Crippen LogP contribution < -0.4 is 10.5 Å². The lowest BCUT2D eigenvalue weighted by Gasteiger charge is -2.12. The Hall–Kier alpha value is -4.89. The minimum Gasteiger partial charge on any atom is -0.449 e. The van der Waals surface area contributed by atoms with E-state index in [1.165, 1.54) is 0 Å².